The Balaban J connectivity index is 1.42. The van der Waals surface area contributed by atoms with Crippen molar-refractivity contribution in [1.29, 1.82) is 0 Å². The van der Waals surface area contributed by atoms with Crippen LogP contribution >= 0.6 is 0 Å². The first-order valence-electron chi connectivity index (χ1n) is 12.4. The Labute approximate surface area is 187 Å². The van der Waals surface area contributed by atoms with Gasteiger partial charge in [0.05, 0.1) is 18.0 Å². The maximum absolute atomic E-state index is 14.2. The number of benzene rings is 1. The third kappa shape index (κ3) is 7.59. The standard InChI is InChI=1S/C27H39FN2O/c1-3-5-6-7-8-21-9-11-22(12-10-21)13-15-24-16-17-26(30-29-24)23-14-18-27(25(28)20-23)31-19-4-2/h14,16-18,20-22H,3-13,15,19H2,1-2H3. The lowest BCUT2D eigenvalue weighted by molar-refractivity contribution is 0.248. The van der Waals surface area contributed by atoms with Crippen molar-refractivity contribution in [2.24, 2.45) is 11.8 Å². The van der Waals surface area contributed by atoms with Gasteiger partial charge in [-0.2, -0.15) is 10.2 Å². The monoisotopic (exact) mass is 426 g/mol. The predicted molar refractivity (Wildman–Crippen MR) is 126 cm³/mol. The van der Waals surface area contributed by atoms with E-state index in [0.717, 1.165) is 35.9 Å². The van der Waals surface area contributed by atoms with Crippen LogP contribution in [0.3, 0.4) is 0 Å². The summed E-state index contributed by atoms with van der Waals surface area (Å²) in [4.78, 5) is 0. The summed E-state index contributed by atoms with van der Waals surface area (Å²) in [5.74, 6) is 1.74. The van der Waals surface area contributed by atoms with Crippen molar-refractivity contribution in [2.45, 2.75) is 90.9 Å². The first-order valence-corrected chi connectivity index (χ1v) is 12.4. The maximum Gasteiger partial charge on any atom is 0.165 e. The molecule has 1 aromatic heterocycles. The number of hydrogen-bond acceptors (Lipinski definition) is 3. The molecule has 0 atom stereocenters. The first-order chi connectivity index (χ1) is 15.2. The van der Waals surface area contributed by atoms with Crippen molar-refractivity contribution in [1.82, 2.24) is 10.2 Å². The largest absolute Gasteiger partial charge is 0.491 e. The number of ether oxygens (including phenoxy) is 1. The number of hydrogen-bond donors (Lipinski definition) is 0. The molecule has 170 valence electrons. The zero-order valence-electron chi connectivity index (χ0n) is 19.4. The van der Waals surface area contributed by atoms with Gasteiger partial charge in [-0.15, -0.1) is 0 Å². The molecule has 0 aliphatic heterocycles. The average Bonchev–Trinajstić information content (AvgIpc) is 2.81. The van der Waals surface area contributed by atoms with Crippen LogP contribution in [-0.4, -0.2) is 16.8 Å². The van der Waals surface area contributed by atoms with Crippen molar-refractivity contribution in [2.75, 3.05) is 6.61 Å². The SMILES string of the molecule is CCCCCCC1CCC(CCc2ccc(-c3ccc(OCCC)c(F)c3)nn2)CC1. The second-order valence-corrected chi connectivity index (χ2v) is 9.18. The molecule has 0 radical (unpaired) electrons. The van der Waals surface area contributed by atoms with Gasteiger partial charge in [-0.05, 0) is 61.4 Å². The van der Waals surface area contributed by atoms with Crippen LogP contribution in [0.1, 0.15) is 90.2 Å². The molecule has 0 bridgehead atoms. The molecule has 1 heterocycles. The summed E-state index contributed by atoms with van der Waals surface area (Å²) in [5.41, 5.74) is 2.47. The van der Waals surface area contributed by atoms with Crippen LogP contribution in [0.2, 0.25) is 0 Å². The molecule has 31 heavy (non-hydrogen) atoms. The molecule has 0 N–H and O–H groups in total. The molecule has 2 aromatic rings. The molecule has 0 amide bonds. The van der Waals surface area contributed by atoms with Gasteiger partial charge >= 0.3 is 0 Å². The number of aryl methyl sites for hydroxylation is 1. The van der Waals surface area contributed by atoms with Crippen molar-refractivity contribution in [3.8, 4) is 17.0 Å². The van der Waals surface area contributed by atoms with Gasteiger partial charge in [-0.1, -0.05) is 71.6 Å². The third-order valence-electron chi connectivity index (χ3n) is 6.65. The Hall–Kier alpha value is -1.97. The highest BCUT2D eigenvalue weighted by Gasteiger charge is 2.20. The molecular weight excluding hydrogens is 387 g/mol. The first kappa shape index (κ1) is 23.7. The summed E-state index contributed by atoms with van der Waals surface area (Å²) in [6.45, 7) is 4.80. The number of halogens is 1. The zero-order valence-corrected chi connectivity index (χ0v) is 19.4. The van der Waals surface area contributed by atoms with Crippen molar-refractivity contribution < 1.29 is 9.13 Å². The lowest BCUT2D eigenvalue weighted by Crippen LogP contribution is -2.15. The van der Waals surface area contributed by atoms with Crippen LogP contribution in [-0.2, 0) is 6.42 Å². The van der Waals surface area contributed by atoms with Crippen LogP contribution in [0.5, 0.6) is 5.75 Å². The highest BCUT2D eigenvalue weighted by Crippen LogP contribution is 2.34. The van der Waals surface area contributed by atoms with Crippen LogP contribution in [0, 0.1) is 17.7 Å². The molecule has 1 aromatic carbocycles. The Bertz CT molecular complexity index is 769. The minimum absolute atomic E-state index is 0.297. The van der Waals surface area contributed by atoms with Crippen LogP contribution in [0.4, 0.5) is 4.39 Å². The fourth-order valence-electron chi connectivity index (χ4n) is 4.66. The number of nitrogens with zero attached hydrogens (tertiary/aromatic N) is 2. The molecule has 3 rings (SSSR count). The van der Waals surface area contributed by atoms with Gasteiger partial charge in [0.1, 0.15) is 0 Å². The summed E-state index contributed by atoms with van der Waals surface area (Å²) >= 11 is 0. The molecule has 0 spiro atoms. The lowest BCUT2D eigenvalue weighted by Gasteiger charge is -2.28. The number of unbranched alkanes of at least 4 members (excludes halogenated alkanes) is 3. The minimum Gasteiger partial charge on any atom is -0.491 e. The van der Waals surface area contributed by atoms with Crippen LogP contribution in [0.25, 0.3) is 11.3 Å². The van der Waals surface area contributed by atoms with E-state index < -0.39 is 0 Å². The van der Waals surface area contributed by atoms with Crippen molar-refractivity contribution in [3.63, 3.8) is 0 Å². The Kier molecular flexibility index (Phi) is 9.77. The second-order valence-electron chi connectivity index (χ2n) is 9.18. The van der Waals surface area contributed by atoms with E-state index in [1.165, 1.54) is 70.3 Å². The molecular formula is C27H39FN2O. The van der Waals surface area contributed by atoms with Crippen LogP contribution < -0.4 is 4.74 Å². The summed E-state index contributed by atoms with van der Waals surface area (Å²) in [6.07, 6.45) is 15.6. The van der Waals surface area contributed by atoms with Gasteiger partial charge in [0.2, 0.25) is 0 Å². The average molecular weight is 427 g/mol. The molecule has 1 fully saturated rings. The molecule has 3 nitrogen and oxygen atoms in total. The molecule has 0 unspecified atom stereocenters. The smallest absolute Gasteiger partial charge is 0.165 e. The van der Waals surface area contributed by atoms with Gasteiger partial charge in [0, 0.05) is 5.56 Å². The van der Waals surface area contributed by atoms with E-state index >= 15 is 0 Å². The summed E-state index contributed by atoms with van der Waals surface area (Å²) in [6, 6.07) is 9.00. The van der Waals surface area contributed by atoms with Gasteiger partial charge < -0.3 is 4.74 Å². The van der Waals surface area contributed by atoms with Gasteiger partial charge in [-0.25, -0.2) is 4.39 Å². The highest BCUT2D eigenvalue weighted by molar-refractivity contribution is 5.59. The Morgan fingerprint density at radius 2 is 1.65 bits per heavy atom. The van der Waals surface area contributed by atoms with E-state index in [1.54, 1.807) is 6.07 Å². The predicted octanol–water partition coefficient (Wildman–Crippen LogP) is 7.78. The molecule has 0 saturated heterocycles. The van der Waals surface area contributed by atoms with E-state index in [2.05, 4.69) is 17.1 Å². The number of rotatable bonds is 12. The fraction of sp³-hybridized carbons (Fsp3) is 0.630. The third-order valence-corrected chi connectivity index (χ3v) is 6.65. The summed E-state index contributed by atoms with van der Waals surface area (Å²) < 4.78 is 19.6. The van der Waals surface area contributed by atoms with E-state index in [0.29, 0.717) is 18.1 Å². The molecule has 1 aliphatic rings. The van der Waals surface area contributed by atoms with E-state index in [1.807, 2.05) is 25.1 Å². The highest BCUT2D eigenvalue weighted by atomic mass is 19.1. The second kappa shape index (κ2) is 12.8. The zero-order chi connectivity index (χ0) is 21.9. The lowest BCUT2D eigenvalue weighted by atomic mass is 9.78. The van der Waals surface area contributed by atoms with Gasteiger partial charge in [0.25, 0.3) is 0 Å². The maximum atomic E-state index is 14.2. The fourth-order valence-corrected chi connectivity index (χ4v) is 4.66. The summed E-state index contributed by atoms with van der Waals surface area (Å²) in [5, 5.41) is 8.76. The van der Waals surface area contributed by atoms with E-state index in [-0.39, 0.29) is 5.82 Å². The molecule has 1 aliphatic carbocycles. The van der Waals surface area contributed by atoms with Crippen molar-refractivity contribution in [3.05, 3.63) is 41.8 Å². The van der Waals surface area contributed by atoms with Gasteiger partial charge in [-0.3, -0.25) is 0 Å². The topological polar surface area (TPSA) is 35.0 Å². The summed E-state index contributed by atoms with van der Waals surface area (Å²) in [7, 11) is 0. The van der Waals surface area contributed by atoms with E-state index in [4.69, 9.17) is 4.74 Å². The van der Waals surface area contributed by atoms with E-state index in [9.17, 15) is 4.39 Å². The quantitative estimate of drug-likeness (QED) is 0.325. The van der Waals surface area contributed by atoms with Crippen molar-refractivity contribution >= 4 is 0 Å². The normalized spacial score (nSPS) is 18.8. The van der Waals surface area contributed by atoms with Crippen LogP contribution in [0.15, 0.2) is 30.3 Å². The molecule has 4 heteroatoms. The Morgan fingerprint density at radius 1 is 0.871 bits per heavy atom. The number of aromatic nitrogens is 2. The Morgan fingerprint density at radius 3 is 2.29 bits per heavy atom. The van der Waals surface area contributed by atoms with Gasteiger partial charge in [0.15, 0.2) is 11.6 Å². The minimum atomic E-state index is -0.349. The molecule has 1 saturated carbocycles.